The van der Waals surface area contributed by atoms with Gasteiger partial charge in [-0.2, -0.15) is 0 Å². The van der Waals surface area contributed by atoms with E-state index in [4.69, 9.17) is 14.2 Å². The number of carbonyl (C=O) groups is 3. The summed E-state index contributed by atoms with van der Waals surface area (Å²) in [6.45, 7) is 6.45. The van der Waals surface area contributed by atoms with Crippen LogP contribution in [-0.2, 0) is 28.6 Å². The summed E-state index contributed by atoms with van der Waals surface area (Å²) < 4.78 is 16.9. The third kappa shape index (κ3) is 63.4. The molecular weight excluding hydrogens is 961 g/mol. The second-order valence-electron chi connectivity index (χ2n) is 22.3. The van der Waals surface area contributed by atoms with Crippen LogP contribution in [0.1, 0.15) is 335 Å². The summed E-state index contributed by atoms with van der Waals surface area (Å²) >= 11 is 0. The Morgan fingerprint density at radius 3 is 0.782 bits per heavy atom. The molecule has 450 valence electrons. The number of esters is 3. The third-order valence-corrected chi connectivity index (χ3v) is 14.6. The largest absolute Gasteiger partial charge is 0.462 e. The van der Waals surface area contributed by atoms with Gasteiger partial charge in [0.2, 0.25) is 0 Å². The molecule has 0 aliphatic rings. The second kappa shape index (κ2) is 66.1. The molecule has 0 radical (unpaired) electrons. The number of unbranched alkanes of at least 4 members (excludes halogenated alkanes) is 36. The highest BCUT2D eigenvalue weighted by Gasteiger charge is 2.19. The SMILES string of the molecule is CC/C=C\C/C=C\C/C=C\C/C=C\CCCCCCCCCCCCCCCCCCC(=O)OCC(COC(=O)CCCCCCC/C=C\C/C=C\C/C=C\CC)OC(=O)CCCCCCCCCCCCCCCCCC. The van der Waals surface area contributed by atoms with Gasteiger partial charge in [-0.1, -0.05) is 311 Å². The Bertz CT molecular complexity index is 1480. The van der Waals surface area contributed by atoms with Crippen molar-refractivity contribution in [1.29, 1.82) is 0 Å². The van der Waals surface area contributed by atoms with Gasteiger partial charge < -0.3 is 14.2 Å². The van der Waals surface area contributed by atoms with Gasteiger partial charge in [0.25, 0.3) is 0 Å². The molecule has 6 nitrogen and oxygen atoms in total. The van der Waals surface area contributed by atoms with Crippen molar-refractivity contribution in [2.45, 2.75) is 341 Å². The van der Waals surface area contributed by atoms with Crippen LogP contribution in [0.4, 0.5) is 0 Å². The van der Waals surface area contributed by atoms with Gasteiger partial charge in [0, 0.05) is 19.3 Å². The Morgan fingerprint density at radius 2 is 0.500 bits per heavy atom. The van der Waals surface area contributed by atoms with Crippen molar-refractivity contribution in [3.05, 3.63) is 85.1 Å². The topological polar surface area (TPSA) is 78.9 Å². The van der Waals surface area contributed by atoms with E-state index in [0.29, 0.717) is 19.3 Å². The van der Waals surface area contributed by atoms with Crippen LogP contribution >= 0.6 is 0 Å². The van der Waals surface area contributed by atoms with Gasteiger partial charge >= 0.3 is 17.9 Å². The average molecular weight is 1090 g/mol. The molecule has 0 aromatic rings. The quantitative estimate of drug-likeness (QED) is 0.0261. The first-order valence-corrected chi connectivity index (χ1v) is 33.6. The zero-order valence-corrected chi connectivity index (χ0v) is 51.7. The molecule has 0 rings (SSSR count). The molecule has 0 aliphatic heterocycles. The zero-order chi connectivity index (χ0) is 56.4. The van der Waals surface area contributed by atoms with E-state index in [0.717, 1.165) is 122 Å². The molecule has 1 unspecified atom stereocenters. The summed E-state index contributed by atoms with van der Waals surface area (Å²) in [6, 6.07) is 0. The second-order valence-corrected chi connectivity index (χ2v) is 22.3. The maximum absolute atomic E-state index is 12.9. The van der Waals surface area contributed by atoms with Gasteiger partial charge in [-0.05, 0) is 89.9 Å². The van der Waals surface area contributed by atoms with Crippen LogP contribution in [0.3, 0.4) is 0 Å². The lowest BCUT2D eigenvalue weighted by Gasteiger charge is -2.18. The maximum atomic E-state index is 12.9. The Balaban J connectivity index is 4.24. The Morgan fingerprint density at radius 1 is 0.269 bits per heavy atom. The Labute approximate surface area is 484 Å². The summed E-state index contributed by atoms with van der Waals surface area (Å²) in [4.78, 5) is 38.4. The van der Waals surface area contributed by atoms with Crippen molar-refractivity contribution in [1.82, 2.24) is 0 Å². The molecule has 0 heterocycles. The molecule has 0 saturated heterocycles. The Hall–Kier alpha value is -3.41. The van der Waals surface area contributed by atoms with Crippen molar-refractivity contribution in [3.63, 3.8) is 0 Å². The fraction of sp³-hybridized carbons (Fsp3) is 0.764. The van der Waals surface area contributed by atoms with Crippen LogP contribution < -0.4 is 0 Å². The first kappa shape index (κ1) is 74.6. The highest BCUT2D eigenvalue weighted by Crippen LogP contribution is 2.17. The highest BCUT2D eigenvalue weighted by molar-refractivity contribution is 5.71. The summed E-state index contributed by atoms with van der Waals surface area (Å²) in [7, 11) is 0. The lowest BCUT2D eigenvalue weighted by Crippen LogP contribution is -2.30. The predicted octanol–water partition coefficient (Wildman–Crippen LogP) is 23.1. The molecule has 78 heavy (non-hydrogen) atoms. The molecule has 0 saturated carbocycles. The highest BCUT2D eigenvalue weighted by atomic mass is 16.6. The van der Waals surface area contributed by atoms with Crippen molar-refractivity contribution in [2.24, 2.45) is 0 Å². The van der Waals surface area contributed by atoms with Crippen molar-refractivity contribution < 1.29 is 28.6 Å². The van der Waals surface area contributed by atoms with E-state index in [1.165, 1.54) is 173 Å². The summed E-state index contributed by atoms with van der Waals surface area (Å²) in [5, 5.41) is 0. The standard InChI is InChI=1S/C72H126O6/c1-4-7-10-13-16-19-22-25-28-30-31-32-33-34-35-36-37-38-39-40-41-42-45-47-50-53-56-59-62-65-71(74)77-68-69(67-76-70(73)64-61-58-55-52-49-46-43-27-24-21-18-15-12-9-6-3)78-72(75)66-63-60-57-54-51-48-44-29-26-23-20-17-14-11-8-5-2/h7,9-10,12,16,18-19,21,25,27-28,31-32,43,69H,4-6,8,11,13-15,17,20,22-24,26,29-30,33-42,44-68H2,1-3H3/b10-7-,12-9-,19-16-,21-18-,28-25-,32-31-,43-27-. The molecule has 0 aromatic carbocycles. The van der Waals surface area contributed by atoms with E-state index in [1.54, 1.807) is 0 Å². The lowest BCUT2D eigenvalue weighted by atomic mass is 10.0. The van der Waals surface area contributed by atoms with Crippen LogP contribution in [0.15, 0.2) is 85.1 Å². The normalized spacial score (nSPS) is 12.6. The van der Waals surface area contributed by atoms with E-state index in [-0.39, 0.29) is 31.1 Å². The number of allylic oxidation sites excluding steroid dienone is 14. The van der Waals surface area contributed by atoms with E-state index >= 15 is 0 Å². The van der Waals surface area contributed by atoms with Crippen molar-refractivity contribution >= 4 is 17.9 Å². The maximum Gasteiger partial charge on any atom is 0.306 e. The summed E-state index contributed by atoms with van der Waals surface area (Å²) in [5.41, 5.74) is 0. The van der Waals surface area contributed by atoms with Crippen LogP contribution in [0.5, 0.6) is 0 Å². The molecule has 6 heteroatoms. The van der Waals surface area contributed by atoms with Gasteiger partial charge in [-0.15, -0.1) is 0 Å². The minimum atomic E-state index is -0.782. The van der Waals surface area contributed by atoms with Gasteiger partial charge in [0.1, 0.15) is 13.2 Å². The van der Waals surface area contributed by atoms with E-state index in [9.17, 15) is 14.4 Å². The predicted molar refractivity (Wildman–Crippen MR) is 339 cm³/mol. The van der Waals surface area contributed by atoms with Crippen molar-refractivity contribution in [2.75, 3.05) is 13.2 Å². The van der Waals surface area contributed by atoms with E-state index in [2.05, 4.69) is 106 Å². The van der Waals surface area contributed by atoms with Gasteiger partial charge in [-0.25, -0.2) is 0 Å². The third-order valence-electron chi connectivity index (χ3n) is 14.6. The lowest BCUT2D eigenvalue weighted by molar-refractivity contribution is -0.167. The van der Waals surface area contributed by atoms with Crippen LogP contribution in [0, 0.1) is 0 Å². The number of hydrogen-bond acceptors (Lipinski definition) is 6. The molecule has 0 amide bonds. The molecular formula is C72H126O6. The average Bonchev–Trinajstić information content (AvgIpc) is 3.44. The fourth-order valence-corrected chi connectivity index (χ4v) is 9.69. The molecule has 0 N–H and O–H groups in total. The van der Waals surface area contributed by atoms with Crippen LogP contribution in [-0.4, -0.2) is 37.2 Å². The smallest absolute Gasteiger partial charge is 0.306 e. The van der Waals surface area contributed by atoms with Gasteiger partial charge in [0.05, 0.1) is 0 Å². The number of hydrogen-bond donors (Lipinski definition) is 0. The molecule has 0 spiro atoms. The summed E-state index contributed by atoms with van der Waals surface area (Å²) in [5.74, 6) is -0.877. The van der Waals surface area contributed by atoms with Crippen molar-refractivity contribution in [3.8, 4) is 0 Å². The van der Waals surface area contributed by atoms with Crippen LogP contribution in [0.2, 0.25) is 0 Å². The van der Waals surface area contributed by atoms with E-state index in [1.807, 2.05) is 0 Å². The Kier molecular flexibility index (Phi) is 63.2. The molecule has 0 aromatic heterocycles. The first-order valence-electron chi connectivity index (χ1n) is 33.6. The monoisotopic (exact) mass is 1090 g/mol. The molecule has 0 fully saturated rings. The minimum Gasteiger partial charge on any atom is -0.462 e. The number of rotatable bonds is 61. The van der Waals surface area contributed by atoms with Gasteiger partial charge in [-0.3, -0.25) is 14.4 Å². The van der Waals surface area contributed by atoms with Gasteiger partial charge in [0.15, 0.2) is 6.10 Å². The molecule has 0 bridgehead atoms. The molecule has 0 aliphatic carbocycles. The summed E-state index contributed by atoms with van der Waals surface area (Å²) in [6.07, 6.45) is 87.5. The minimum absolute atomic E-state index is 0.0778. The molecule has 1 atom stereocenters. The number of ether oxygens (including phenoxy) is 3. The van der Waals surface area contributed by atoms with E-state index < -0.39 is 6.10 Å². The zero-order valence-electron chi connectivity index (χ0n) is 51.7. The van der Waals surface area contributed by atoms with Crippen LogP contribution in [0.25, 0.3) is 0 Å². The fourth-order valence-electron chi connectivity index (χ4n) is 9.69. The first-order chi connectivity index (χ1) is 38.5. The number of carbonyl (C=O) groups excluding carboxylic acids is 3.